The lowest BCUT2D eigenvalue weighted by Crippen LogP contribution is -2.17. The molecule has 0 atom stereocenters. The molecule has 1 aromatic heterocycles. The van der Waals surface area contributed by atoms with E-state index < -0.39 is 30.0 Å². The van der Waals surface area contributed by atoms with Crippen LogP contribution in [-0.2, 0) is 0 Å². The summed E-state index contributed by atoms with van der Waals surface area (Å²) in [4.78, 5) is 7.50. The van der Waals surface area contributed by atoms with Crippen molar-refractivity contribution in [3.63, 3.8) is 0 Å². The van der Waals surface area contributed by atoms with Crippen molar-refractivity contribution in [2.75, 3.05) is 10.7 Å². The van der Waals surface area contributed by atoms with Crippen LogP contribution >= 0.6 is 0 Å². The maximum absolute atomic E-state index is 14.0. The third kappa shape index (κ3) is 7.83. The second-order valence-electron chi connectivity index (χ2n) is 6.08. The number of nitrogens with zero attached hydrogens (tertiary/aromatic N) is 3. The van der Waals surface area contributed by atoms with Crippen molar-refractivity contribution in [2.45, 2.75) is 12.7 Å². The zero-order valence-electron chi connectivity index (χ0n) is 16.1. The van der Waals surface area contributed by atoms with Gasteiger partial charge in [0.2, 0.25) is 5.95 Å². The standard InChI is InChI=1S/C19H12F7N5O2/c20-15-10-27-17(31-28-9-11-2-1-3-14(8-11)33-19(24,25)26)30-16(15)29-12-4-6-13(7-5-12)32-18(21,22)23/h1-10H,(H2,27,29,30,31)/b28-9+. The number of halogens is 7. The predicted octanol–water partition coefficient (Wildman–Crippen LogP) is 5.60. The fourth-order valence-electron chi connectivity index (χ4n) is 2.34. The lowest BCUT2D eigenvalue weighted by atomic mass is 10.2. The highest BCUT2D eigenvalue weighted by Crippen LogP contribution is 2.26. The number of rotatable bonds is 7. The molecule has 0 saturated carbocycles. The van der Waals surface area contributed by atoms with E-state index >= 15 is 0 Å². The normalized spacial score (nSPS) is 12.0. The van der Waals surface area contributed by atoms with Gasteiger partial charge in [0, 0.05) is 5.69 Å². The SMILES string of the molecule is Fc1cnc(N/N=C/c2cccc(OC(F)(F)F)c2)nc1Nc1ccc(OC(F)(F)F)cc1. The number of hydrogen-bond acceptors (Lipinski definition) is 7. The second kappa shape index (κ2) is 9.58. The molecule has 0 aliphatic heterocycles. The molecule has 0 aliphatic rings. The molecule has 0 bridgehead atoms. The summed E-state index contributed by atoms with van der Waals surface area (Å²) in [6.45, 7) is 0. The van der Waals surface area contributed by atoms with Gasteiger partial charge in [-0.15, -0.1) is 26.3 Å². The Hall–Kier alpha value is -4.10. The molecule has 0 radical (unpaired) electrons. The third-order valence-electron chi connectivity index (χ3n) is 3.56. The Kier molecular flexibility index (Phi) is 6.84. The van der Waals surface area contributed by atoms with Crippen molar-refractivity contribution in [1.29, 1.82) is 0 Å². The number of hydrazone groups is 1. The van der Waals surface area contributed by atoms with E-state index in [1.165, 1.54) is 24.3 Å². The van der Waals surface area contributed by atoms with Crippen molar-refractivity contribution >= 4 is 23.7 Å². The van der Waals surface area contributed by atoms with E-state index in [2.05, 4.69) is 35.3 Å². The number of aromatic nitrogens is 2. The molecular weight excluding hydrogens is 463 g/mol. The molecule has 1 heterocycles. The summed E-state index contributed by atoms with van der Waals surface area (Å²) in [7, 11) is 0. The summed E-state index contributed by atoms with van der Waals surface area (Å²) >= 11 is 0. The summed E-state index contributed by atoms with van der Waals surface area (Å²) in [6, 6.07) is 9.45. The van der Waals surface area contributed by atoms with Crippen LogP contribution in [0.25, 0.3) is 0 Å². The van der Waals surface area contributed by atoms with Crippen LogP contribution in [0.15, 0.2) is 59.8 Å². The maximum Gasteiger partial charge on any atom is 0.573 e. The van der Waals surface area contributed by atoms with E-state index in [1.54, 1.807) is 0 Å². The highest BCUT2D eigenvalue weighted by Gasteiger charge is 2.31. The summed E-state index contributed by atoms with van der Waals surface area (Å²) in [5.74, 6) is -2.25. The van der Waals surface area contributed by atoms with Crippen molar-refractivity contribution in [2.24, 2.45) is 5.10 Å². The smallest absolute Gasteiger partial charge is 0.406 e. The van der Waals surface area contributed by atoms with Gasteiger partial charge in [-0.2, -0.15) is 10.1 Å². The molecular formula is C19H12F7N5O2. The molecule has 14 heteroatoms. The van der Waals surface area contributed by atoms with Crippen LogP contribution in [-0.4, -0.2) is 28.9 Å². The molecule has 2 N–H and O–H groups in total. The Morgan fingerprint density at radius 3 is 2.21 bits per heavy atom. The number of alkyl halides is 6. The Balaban J connectivity index is 1.65. The van der Waals surface area contributed by atoms with Gasteiger partial charge < -0.3 is 14.8 Å². The first-order chi connectivity index (χ1) is 15.5. The van der Waals surface area contributed by atoms with E-state index in [0.29, 0.717) is 0 Å². The zero-order valence-corrected chi connectivity index (χ0v) is 16.1. The second-order valence-corrected chi connectivity index (χ2v) is 6.08. The molecule has 2 aromatic carbocycles. The van der Waals surface area contributed by atoms with Gasteiger partial charge in [-0.25, -0.2) is 14.8 Å². The lowest BCUT2D eigenvalue weighted by molar-refractivity contribution is -0.275. The first-order valence-corrected chi connectivity index (χ1v) is 8.77. The van der Waals surface area contributed by atoms with Crippen molar-refractivity contribution in [1.82, 2.24) is 9.97 Å². The molecule has 3 rings (SSSR count). The van der Waals surface area contributed by atoms with Gasteiger partial charge in [0.05, 0.1) is 12.4 Å². The Bertz CT molecular complexity index is 1120. The Labute approximate surface area is 180 Å². The summed E-state index contributed by atoms with van der Waals surface area (Å²) in [6.07, 6.45) is -7.72. The molecule has 174 valence electrons. The van der Waals surface area contributed by atoms with Crippen molar-refractivity contribution in [3.05, 3.63) is 66.1 Å². The number of anilines is 3. The largest absolute Gasteiger partial charge is 0.573 e. The van der Waals surface area contributed by atoms with E-state index in [1.807, 2.05) is 0 Å². The van der Waals surface area contributed by atoms with Crippen molar-refractivity contribution in [3.8, 4) is 11.5 Å². The first-order valence-electron chi connectivity index (χ1n) is 8.77. The molecule has 0 amide bonds. The van der Waals surface area contributed by atoms with Crippen LogP contribution in [0, 0.1) is 5.82 Å². The first kappa shape index (κ1) is 23.6. The lowest BCUT2D eigenvalue weighted by Gasteiger charge is -2.11. The summed E-state index contributed by atoms with van der Waals surface area (Å²) < 4.78 is 95.0. The van der Waals surface area contributed by atoms with Crippen molar-refractivity contribution < 1.29 is 40.2 Å². The number of nitrogens with one attached hydrogen (secondary N) is 2. The summed E-state index contributed by atoms with van der Waals surface area (Å²) in [5, 5.41) is 6.32. The molecule has 33 heavy (non-hydrogen) atoms. The zero-order chi connectivity index (χ0) is 24.1. The van der Waals surface area contributed by atoms with E-state index in [9.17, 15) is 30.7 Å². The molecule has 0 unspecified atom stereocenters. The monoisotopic (exact) mass is 475 g/mol. The average molecular weight is 475 g/mol. The number of hydrogen-bond donors (Lipinski definition) is 2. The minimum Gasteiger partial charge on any atom is -0.406 e. The van der Waals surface area contributed by atoms with Crippen LogP contribution < -0.4 is 20.2 Å². The van der Waals surface area contributed by atoms with Crippen LogP contribution in [0.2, 0.25) is 0 Å². The fraction of sp³-hybridized carbons (Fsp3) is 0.105. The van der Waals surface area contributed by atoms with Crippen LogP contribution in [0.3, 0.4) is 0 Å². The fourth-order valence-corrected chi connectivity index (χ4v) is 2.34. The van der Waals surface area contributed by atoms with Gasteiger partial charge >= 0.3 is 12.7 Å². The number of ether oxygens (including phenoxy) is 2. The van der Waals surface area contributed by atoms with Gasteiger partial charge in [-0.05, 0) is 42.0 Å². The average Bonchev–Trinajstić information content (AvgIpc) is 2.70. The third-order valence-corrected chi connectivity index (χ3v) is 3.56. The highest BCUT2D eigenvalue weighted by atomic mass is 19.4. The molecule has 3 aromatic rings. The van der Waals surface area contributed by atoms with E-state index in [4.69, 9.17) is 0 Å². The van der Waals surface area contributed by atoms with Gasteiger partial charge in [0.15, 0.2) is 11.6 Å². The van der Waals surface area contributed by atoms with Gasteiger partial charge in [-0.1, -0.05) is 12.1 Å². The predicted molar refractivity (Wildman–Crippen MR) is 103 cm³/mol. The minimum absolute atomic E-state index is 0.171. The molecule has 7 nitrogen and oxygen atoms in total. The highest BCUT2D eigenvalue weighted by molar-refractivity contribution is 5.80. The number of benzene rings is 2. The quantitative estimate of drug-likeness (QED) is 0.263. The maximum atomic E-state index is 14.0. The van der Waals surface area contributed by atoms with Crippen LogP contribution in [0.4, 0.5) is 48.2 Å². The van der Waals surface area contributed by atoms with Gasteiger partial charge in [0.25, 0.3) is 0 Å². The van der Waals surface area contributed by atoms with Crippen LogP contribution in [0.5, 0.6) is 11.5 Å². The molecule has 0 saturated heterocycles. The van der Waals surface area contributed by atoms with Crippen LogP contribution in [0.1, 0.15) is 5.56 Å². The van der Waals surface area contributed by atoms with E-state index in [0.717, 1.165) is 36.7 Å². The minimum atomic E-state index is -4.85. The van der Waals surface area contributed by atoms with E-state index in [-0.39, 0.29) is 23.0 Å². The topological polar surface area (TPSA) is 80.7 Å². The summed E-state index contributed by atoms with van der Waals surface area (Å²) in [5.41, 5.74) is 2.84. The van der Waals surface area contributed by atoms with Gasteiger partial charge in [-0.3, -0.25) is 0 Å². The van der Waals surface area contributed by atoms with Gasteiger partial charge in [0.1, 0.15) is 11.5 Å². The molecule has 0 spiro atoms. The molecule has 0 fully saturated rings. The Morgan fingerprint density at radius 1 is 0.879 bits per heavy atom. The Morgan fingerprint density at radius 2 is 1.55 bits per heavy atom. The molecule has 0 aliphatic carbocycles.